The van der Waals surface area contributed by atoms with Crippen molar-refractivity contribution in [1.82, 2.24) is 9.97 Å². The van der Waals surface area contributed by atoms with Crippen molar-refractivity contribution in [1.29, 1.82) is 0 Å². The molecule has 0 bridgehead atoms. The fraction of sp³-hybridized carbons (Fsp3) is 0.0714. The number of aryl methyl sites for hydroxylation is 1. The molecule has 1 aromatic carbocycles. The smallest absolute Gasteiger partial charge is 0.205 e. The first kappa shape index (κ1) is 11.0. The van der Waals surface area contributed by atoms with Gasteiger partial charge in [0.25, 0.3) is 0 Å². The van der Waals surface area contributed by atoms with Crippen molar-refractivity contribution in [3.05, 3.63) is 53.5 Å². The van der Waals surface area contributed by atoms with Crippen molar-refractivity contribution in [3.63, 3.8) is 0 Å². The lowest BCUT2D eigenvalue weighted by Gasteiger charge is -2.01. The lowest BCUT2D eigenvalue weighted by molar-refractivity contribution is 1.29. The van der Waals surface area contributed by atoms with Crippen molar-refractivity contribution < 1.29 is 0 Å². The SMILES string of the molecule is Cc1csc(-c2cnc(Nc3ccccc3)[nH]2)c1. The summed E-state index contributed by atoms with van der Waals surface area (Å²) in [4.78, 5) is 8.83. The second-order valence-electron chi connectivity index (χ2n) is 4.12. The van der Waals surface area contributed by atoms with Crippen LogP contribution < -0.4 is 5.32 Å². The van der Waals surface area contributed by atoms with Gasteiger partial charge in [-0.2, -0.15) is 0 Å². The van der Waals surface area contributed by atoms with Crippen LogP contribution in [0, 0.1) is 6.92 Å². The summed E-state index contributed by atoms with van der Waals surface area (Å²) in [5.74, 6) is 0.766. The maximum atomic E-state index is 4.34. The predicted molar refractivity (Wildman–Crippen MR) is 76.4 cm³/mol. The van der Waals surface area contributed by atoms with Gasteiger partial charge in [0.1, 0.15) is 0 Å². The number of nitrogens with one attached hydrogen (secondary N) is 2. The van der Waals surface area contributed by atoms with E-state index in [4.69, 9.17) is 0 Å². The fourth-order valence-corrected chi connectivity index (χ4v) is 2.61. The van der Waals surface area contributed by atoms with E-state index in [1.165, 1.54) is 10.4 Å². The first-order chi connectivity index (χ1) is 8.81. The standard InChI is InChI=1S/C14H13N3S/c1-10-7-13(18-9-10)12-8-15-14(17-12)16-11-5-3-2-4-6-11/h2-9H,1H3,(H2,15,16,17). The van der Waals surface area contributed by atoms with Gasteiger partial charge in [0.15, 0.2) is 0 Å². The molecule has 0 aliphatic rings. The molecule has 3 rings (SSSR count). The first-order valence-corrected chi connectivity index (χ1v) is 6.62. The molecular formula is C14H13N3S. The molecule has 18 heavy (non-hydrogen) atoms. The van der Waals surface area contributed by atoms with Gasteiger partial charge in [0.05, 0.1) is 16.8 Å². The summed E-state index contributed by atoms with van der Waals surface area (Å²) < 4.78 is 0. The zero-order valence-corrected chi connectivity index (χ0v) is 10.8. The number of hydrogen-bond acceptors (Lipinski definition) is 3. The van der Waals surface area contributed by atoms with Gasteiger partial charge in [-0.05, 0) is 36.1 Å². The summed E-state index contributed by atoms with van der Waals surface area (Å²) in [5, 5.41) is 5.38. The highest BCUT2D eigenvalue weighted by atomic mass is 32.1. The van der Waals surface area contributed by atoms with Crippen molar-refractivity contribution in [2.75, 3.05) is 5.32 Å². The summed E-state index contributed by atoms with van der Waals surface area (Å²) in [6.07, 6.45) is 1.86. The number of hydrogen-bond donors (Lipinski definition) is 2. The molecule has 0 atom stereocenters. The summed E-state index contributed by atoms with van der Waals surface area (Å²) in [5.41, 5.74) is 3.36. The Kier molecular flexibility index (Phi) is 2.86. The predicted octanol–water partition coefficient (Wildman–Crippen LogP) is 4.19. The van der Waals surface area contributed by atoms with E-state index >= 15 is 0 Å². The third kappa shape index (κ3) is 2.28. The normalized spacial score (nSPS) is 10.5. The average molecular weight is 255 g/mol. The minimum absolute atomic E-state index is 0.766. The number of aromatic nitrogens is 2. The van der Waals surface area contributed by atoms with Crippen LogP contribution in [0.3, 0.4) is 0 Å². The van der Waals surface area contributed by atoms with Gasteiger partial charge in [0.2, 0.25) is 5.95 Å². The molecule has 0 aliphatic carbocycles. The highest BCUT2D eigenvalue weighted by molar-refractivity contribution is 7.13. The number of H-pyrrole nitrogens is 1. The Morgan fingerprint density at radius 3 is 2.78 bits per heavy atom. The third-order valence-electron chi connectivity index (χ3n) is 2.61. The largest absolute Gasteiger partial charge is 0.326 e. The van der Waals surface area contributed by atoms with Crippen LogP contribution >= 0.6 is 11.3 Å². The van der Waals surface area contributed by atoms with Crippen molar-refractivity contribution in [2.45, 2.75) is 6.92 Å². The lowest BCUT2D eigenvalue weighted by Crippen LogP contribution is -1.91. The number of imidazole rings is 1. The topological polar surface area (TPSA) is 40.7 Å². The Bertz CT molecular complexity index is 640. The second-order valence-corrected chi connectivity index (χ2v) is 5.04. The Balaban J connectivity index is 1.82. The number of rotatable bonds is 3. The summed E-state index contributed by atoms with van der Waals surface area (Å²) in [6.45, 7) is 2.10. The Morgan fingerprint density at radius 1 is 1.22 bits per heavy atom. The highest BCUT2D eigenvalue weighted by Gasteiger charge is 2.05. The van der Waals surface area contributed by atoms with Crippen LogP contribution in [-0.2, 0) is 0 Å². The zero-order chi connectivity index (χ0) is 12.4. The molecule has 90 valence electrons. The fourth-order valence-electron chi connectivity index (χ4n) is 1.74. The maximum Gasteiger partial charge on any atom is 0.205 e. The molecule has 0 amide bonds. The summed E-state index contributed by atoms with van der Waals surface area (Å²) in [6, 6.07) is 12.2. The monoisotopic (exact) mass is 255 g/mol. The second kappa shape index (κ2) is 4.66. The van der Waals surface area contributed by atoms with Crippen LogP contribution in [0.4, 0.5) is 11.6 Å². The van der Waals surface area contributed by atoms with Gasteiger partial charge >= 0.3 is 0 Å². The zero-order valence-electron chi connectivity index (χ0n) is 9.97. The Morgan fingerprint density at radius 2 is 2.06 bits per heavy atom. The molecule has 0 saturated heterocycles. The molecule has 4 heteroatoms. The molecule has 0 unspecified atom stereocenters. The summed E-state index contributed by atoms with van der Waals surface area (Å²) in [7, 11) is 0. The van der Waals surface area contributed by atoms with Gasteiger partial charge in [-0.15, -0.1) is 11.3 Å². The molecule has 2 N–H and O–H groups in total. The minimum Gasteiger partial charge on any atom is -0.326 e. The van der Waals surface area contributed by atoms with Gasteiger partial charge < -0.3 is 10.3 Å². The van der Waals surface area contributed by atoms with E-state index < -0.39 is 0 Å². The molecule has 2 heterocycles. The Hall–Kier alpha value is -2.07. The number of thiophene rings is 1. The molecule has 0 saturated carbocycles. The third-order valence-corrected chi connectivity index (χ3v) is 3.69. The van der Waals surface area contributed by atoms with E-state index in [0.29, 0.717) is 0 Å². The molecule has 0 spiro atoms. The molecule has 0 radical (unpaired) electrons. The maximum absolute atomic E-state index is 4.34. The number of para-hydroxylation sites is 1. The van der Waals surface area contributed by atoms with Crippen molar-refractivity contribution >= 4 is 23.0 Å². The molecule has 3 aromatic rings. The quantitative estimate of drug-likeness (QED) is 0.736. The van der Waals surface area contributed by atoms with Crippen LogP contribution in [0.2, 0.25) is 0 Å². The van der Waals surface area contributed by atoms with E-state index in [2.05, 4.69) is 33.7 Å². The number of nitrogens with zero attached hydrogens (tertiary/aromatic N) is 1. The van der Waals surface area contributed by atoms with Crippen LogP contribution in [-0.4, -0.2) is 9.97 Å². The first-order valence-electron chi connectivity index (χ1n) is 5.74. The Labute approximate surface area is 110 Å². The van der Waals surface area contributed by atoms with E-state index in [9.17, 15) is 0 Å². The van der Waals surface area contributed by atoms with E-state index in [1.807, 2.05) is 36.5 Å². The van der Waals surface area contributed by atoms with Crippen molar-refractivity contribution in [2.24, 2.45) is 0 Å². The van der Waals surface area contributed by atoms with Crippen LogP contribution in [0.15, 0.2) is 48.0 Å². The molecule has 3 nitrogen and oxygen atoms in total. The number of aromatic amines is 1. The van der Waals surface area contributed by atoms with Gasteiger partial charge in [-0.25, -0.2) is 4.98 Å². The molecular weight excluding hydrogens is 242 g/mol. The van der Waals surface area contributed by atoms with Crippen LogP contribution in [0.5, 0.6) is 0 Å². The minimum atomic E-state index is 0.766. The van der Waals surface area contributed by atoms with Gasteiger partial charge in [0, 0.05) is 5.69 Å². The van der Waals surface area contributed by atoms with E-state index in [1.54, 1.807) is 11.3 Å². The number of anilines is 2. The highest BCUT2D eigenvalue weighted by Crippen LogP contribution is 2.26. The van der Waals surface area contributed by atoms with Crippen molar-refractivity contribution in [3.8, 4) is 10.6 Å². The lowest BCUT2D eigenvalue weighted by atomic mass is 10.3. The van der Waals surface area contributed by atoms with E-state index in [0.717, 1.165) is 17.3 Å². The average Bonchev–Trinajstić information content (AvgIpc) is 2.99. The molecule has 2 aromatic heterocycles. The number of benzene rings is 1. The van der Waals surface area contributed by atoms with Gasteiger partial charge in [-0.1, -0.05) is 18.2 Å². The summed E-state index contributed by atoms with van der Waals surface area (Å²) >= 11 is 1.72. The van der Waals surface area contributed by atoms with Gasteiger partial charge in [-0.3, -0.25) is 0 Å². The molecule has 0 aliphatic heterocycles. The van der Waals surface area contributed by atoms with Crippen LogP contribution in [0.25, 0.3) is 10.6 Å². The molecule has 0 fully saturated rings. The van der Waals surface area contributed by atoms with Crippen LogP contribution in [0.1, 0.15) is 5.56 Å². The van der Waals surface area contributed by atoms with E-state index in [-0.39, 0.29) is 0 Å².